The van der Waals surface area contributed by atoms with E-state index in [1.54, 1.807) is 36.4 Å². The maximum atomic E-state index is 10.2. The van der Waals surface area contributed by atoms with Gasteiger partial charge in [0.25, 0.3) is 0 Å². The van der Waals surface area contributed by atoms with Gasteiger partial charge in [-0.2, -0.15) is 0 Å². The fourth-order valence-corrected chi connectivity index (χ4v) is 5.12. The molecule has 0 heterocycles. The van der Waals surface area contributed by atoms with E-state index in [0.29, 0.717) is 0 Å². The molecule has 0 amide bonds. The Bertz CT molecular complexity index is 1470. The lowest BCUT2D eigenvalue weighted by atomic mass is 9.81. The number of nitrogen functional groups attached to an aromatic ring is 2. The van der Waals surface area contributed by atoms with E-state index in [9.17, 15) is 25.5 Å². The minimum Gasteiger partial charge on any atom is -0.508 e. The van der Waals surface area contributed by atoms with E-state index in [1.807, 2.05) is 49.4 Å². The van der Waals surface area contributed by atoms with Gasteiger partial charge >= 0.3 is 0 Å². The SMILES string of the molecule is Cc1cc(C(c2ccc(C(c3ccc(O)c(N)c3)c3ccc(O)c(O)c3)cc2)c2ccc(O)c(N)c2)ccc1O. The molecule has 0 aliphatic rings. The third-order valence-electron chi connectivity index (χ3n) is 7.26. The van der Waals surface area contributed by atoms with E-state index in [4.69, 9.17) is 11.5 Å². The van der Waals surface area contributed by atoms with Crippen LogP contribution in [0.4, 0.5) is 11.4 Å². The highest BCUT2D eigenvalue weighted by molar-refractivity contribution is 5.59. The Morgan fingerprint density at radius 3 is 1.15 bits per heavy atom. The van der Waals surface area contributed by atoms with Crippen LogP contribution in [0.2, 0.25) is 0 Å². The van der Waals surface area contributed by atoms with Gasteiger partial charge in [0.15, 0.2) is 11.5 Å². The topological polar surface area (TPSA) is 153 Å². The second kappa shape index (κ2) is 10.5. The Balaban J connectivity index is 1.63. The summed E-state index contributed by atoms with van der Waals surface area (Å²) in [5, 5.41) is 50.3. The summed E-state index contributed by atoms with van der Waals surface area (Å²) in [6.45, 7) is 1.84. The van der Waals surface area contributed by atoms with Crippen molar-refractivity contribution in [2.24, 2.45) is 0 Å². The molecular weight excluding hydrogens is 504 g/mol. The molecule has 0 bridgehead atoms. The number of benzene rings is 5. The number of aromatic hydroxyl groups is 5. The number of anilines is 2. The average Bonchev–Trinajstić information content (AvgIpc) is 2.93. The van der Waals surface area contributed by atoms with Gasteiger partial charge in [-0.25, -0.2) is 0 Å². The Kier molecular flexibility index (Phi) is 6.88. The number of phenolic OH excluding ortho intramolecular Hbond substituents is 5. The molecule has 0 aliphatic carbocycles. The number of phenols is 5. The minimum absolute atomic E-state index is 0.00731. The molecule has 0 radical (unpaired) electrons. The predicted octanol–water partition coefficient (Wildman–Crippen LogP) is 6.05. The van der Waals surface area contributed by atoms with Crippen molar-refractivity contribution >= 4 is 11.4 Å². The van der Waals surface area contributed by atoms with E-state index in [-0.39, 0.29) is 52.0 Å². The Labute approximate surface area is 231 Å². The lowest BCUT2D eigenvalue weighted by Gasteiger charge is -2.23. The zero-order valence-corrected chi connectivity index (χ0v) is 21.8. The van der Waals surface area contributed by atoms with Gasteiger partial charge in [0.1, 0.15) is 17.2 Å². The minimum atomic E-state index is -0.359. The molecule has 2 unspecified atom stereocenters. The summed E-state index contributed by atoms with van der Waals surface area (Å²) in [5.41, 5.74) is 18.5. The summed E-state index contributed by atoms with van der Waals surface area (Å²) in [6.07, 6.45) is 0. The molecule has 9 N–H and O–H groups in total. The van der Waals surface area contributed by atoms with Gasteiger partial charge in [-0.1, -0.05) is 54.6 Å². The lowest BCUT2D eigenvalue weighted by molar-refractivity contribution is 0.403. The molecule has 202 valence electrons. The largest absolute Gasteiger partial charge is 0.508 e. The van der Waals surface area contributed by atoms with E-state index >= 15 is 0 Å². The fourth-order valence-electron chi connectivity index (χ4n) is 5.12. The van der Waals surface area contributed by atoms with Crippen LogP contribution >= 0.6 is 0 Å². The first-order chi connectivity index (χ1) is 19.1. The molecule has 0 aromatic heterocycles. The van der Waals surface area contributed by atoms with Crippen molar-refractivity contribution in [3.8, 4) is 28.7 Å². The third kappa shape index (κ3) is 5.05. The number of hydrogen-bond donors (Lipinski definition) is 7. The summed E-state index contributed by atoms with van der Waals surface area (Å²) < 4.78 is 0. The zero-order valence-electron chi connectivity index (χ0n) is 21.8. The quantitative estimate of drug-likeness (QED) is 0.0795. The van der Waals surface area contributed by atoms with Crippen LogP contribution in [0.15, 0.2) is 97.1 Å². The number of nitrogens with two attached hydrogens (primary N) is 2. The maximum absolute atomic E-state index is 10.2. The summed E-state index contributed by atoms with van der Waals surface area (Å²) in [4.78, 5) is 0. The standard InChI is InChI=1S/C33H30N2O5/c1-18-14-21(6-10-27(18)36)32(22-7-11-28(37)25(34)15-22)19-2-4-20(5-3-19)33(23-8-12-29(38)26(35)16-23)24-9-13-30(39)31(40)17-24/h2-17,32-33,36-40H,34-35H2,1H3. The summed E-state index contributed by atoms with van der Waals surface area (Å²) in [5.74, 6) is -0.864. The number of aryl methyl sites for hydroxylation is 1. The van der Waals surface area contributed by atoms with Crippen LogP contribution in [0, 0.1) is 6.92 Å². The van der Waals surface area contributed by atoms with Crippen molar-refractivity contribution in [3.63, 3.8) is 0 Å². The molecule has 0 saturated carbocycles. The summed E-state index contributed by atoms with van der Waals surface area (Å²) in [7, 11) is 0. The molecule has 5 rings (SSSR count). The van der Waals surface area contributed by atoms with Gasteiger partial charge in [0.05, 0.1) is 11.4 Å². The maximum Gasteiger partial charge on any atom is 0.157 e. The van der Waals surface area contributed by atoms with Gasteiger partial charge in [0.2, 0.25) is 0 Å². The van der Waals surface area contributed by atoms with Crippen molar-refractivity contribution in [2.75, 3.05) is 11.5 Å². The predicted molar refractivity (Wildman–Crippen MR) is 156 cm³/mol. The van der Waals surface area contributed by atoms with Crippen LogP contribution in [-0.2, 0) is 0 Å². The van der Waals surface area contributed by atoms with Crippen LogP contribution in [0.5, 0.6) is 28.7 Å². The van der Waals surface area contributed by atoms with Crippen LogP contribution in [-0.4, -0.2) is 25.5 Å². The van der Waals surface area contributed by atoms with Crippen LogP contribution < -0.4 is 11.5 Å². The molecule has 7 nitrogen and oxygen atoms in total. The summed E-state index contributed by atoms with van der Waals surface area (Å²) in [6, 6.07) is 28.3. The Morgan fingerprint density at radius 1 is 0.400 bits per heavy atom. The average molecular weight is 535 g/mol. The lowest BCUT2D eigenvalue weighted by Crippen LogP contribution is -2.07. The van der Waals surface area contributed by atoms with Crippen molar-refractivity contribution in [3.05, 3.63) is 136 Å². The van der Waals surface area contributed by atoms with Gasteiger partial charge in [0, 0.05) is 11.8 Å². The van der Waals surface area contributed by atoms with Gasteiger partial charge in [-0.15, -0.1) is 0 Å². The molecule has 0 saturated heterocycles. The van der Waals surface area contributed by atoms with Crippen LogP contribution in [0.1, 0.15) is 50.8 Å². The van der Waals surface area contributed by atoms with Crippen molar-refractivity contribution in [1.29, 1.82) is 0 Å². The number of rotatable bonds is 6. The molecule has 5 aromatic rings. The second-order valence-electron chi connectivity index (χ2n) is 9.96. The van der Waals surface area contributed by atoms with Gasteiger partial charge < -0.3 is 37.0 Å². The highest BCUT2D eigenvalue weighted by Gasteiger charge is 2.22. The van der Waals surface area contributed by atoms with Crippen LogP contribution in [0.25, 0.3) is 0 Å². The zero-order chi connectivity index (χ0) is 28.6. The molecular formula is C33H30N2O5. The first-order valence-electron chi connectivity index (χ1n) is 12.7. The summed E-state index contributed by atoms with van der Waals surface area (Å²) >= 11 is 0. The molecule has 2 atom stereocenters. The highest BCUT2D eigenvalue weighted by Crippen LogP contribution is 2.40. The van der Waals surface area contributed by atoms with Crippen molar-refractivity contribution < 1.29 is 25.5 Å². The first kappa shape index (κ1) is 26.3. The van der Waals surface area contributed by atoms with Crippen molar-refractivity contribution in [1.82, 2.24) is 0 Å². The highest BCUT2D eigenvalue weighted by atomic mass is 16.3. The monoisotopic (exact) mass is 534 g/mol. The van der Waals surface area contributed by atoms with E-state index in [1.165, 1.54) is 18.2 Å². The van der Waals surface area contributed by atoms with Crippen molar-refractivity contribution in [2.45, 2.75) is 18.8 Å². The number of hydrogen-bond acceptors (Lipinski definition) is 7. The van der Waals surface area contributed by atoms with Crippen LogP contribution in [0.3, 0.4) is 0 Å². The fraction of sp³-hybridized carbons (Fsp3) is 0.0909. The van der Waals surface area contributed by atoms with E-state index in [0.717, 1.165) is 38.9 Å². The van der Waals surface area contributed by atoms with E-state index in [2.05, 4.69) is 0 Å². The van der Waals surface area contributed by atoms with E-state index < -0.39 is 0 Å². The normalized spacial score (nSPS) is 12.6. The Hall–Kier alpha value is -5.30. The molecule has 0 aliphatic heterocycles. The molecule has 5 aromatic carbocycles. The third-order valence-corrected chi connectivity index (χ3v) is 7.26. The molecule has 40 heavy (non-hydrogen) atoms. The first-order valence-corrected chi connectivity index (χ1v) is 12.7. The van der Waals surface area contributed by atoms with Gasteiger partial charge in [-0.05, 0) is 88.3 Å². The Morgan fingerprint density at radius 2 is 0.750 bits per heavy atom. The molecule has 0 fully saturated rings. The molecule has 7 heteroatoms. The smallest absolute Gasteiger partial charge is 0.157 e. The molecule has 0 spiro atoms. The van der Waals surface area contributed by atoms with Gasteiger partial charge in [-0.3, -0.25) is 0 Å². The second-order valence-corrected chi connectivity index (χ2v) is 9.96.